The molecule has 2 heteroatoms. The van der Waals surface area contributed by atoms with Crippen molar-refractivity contribution in [2.75, 3.05) is 7.05 Å². The van der Waals surface area contributed by atoms with E-state index in [0.717, 1.165) is 5.56 Å². The SMILES string of the molecule is CC(C)C(C)N(C)C(C(C)C)C(O)c1ccccc1. The van der Waals surface area contributed by atoms with Gasteiger partial charge in [0.2, 0.25) is 0 Å². The number of hydrogen-bond donors (Lipinski definition) is 1. The van der Waals surface area contributed by atoms with Gasteiger partial charge < -0.3 is 5.11 Å². The minimum absolute atomic E-state index is 0.139. The third kappa shape index (κ3) is 4.05. The summed E-state index contributed by atoms with van der Waals surface area (Å²) < 4.78 is 0. The lowest BCUT2D eigenvalue weighted by Gasteiger charge is -2.40. The maximum Gasteiger partial charge on any atom is 0.0947 e. The summed E-state index contributed by atoms with van der Waals surface area (Å²) in [4.78, 5) is 2.33. The van der Waals surface area contributed by atoms with Gasteiger partial charge in [-0.3, -0.25) is 4.90 Å². The van der Waals surface area contributed by atoms with Gasteiger partial charge in [-0.15, -0.1) is 0 Å². The molecule has 0 aromatic heterocycles. The second-order valence-corrected chi connectivity index (χ2v) is 6.24. The molecular formula is C17H29NO. The van der Waals surface area contributed by atoms with Crippen LogP contribution in [0.25, 0.3) is 0 Å². The number of likely N-dealkylation sites (N-methyl/N-ethyl adjacent to an activating group) is 1. The van der Waals surface area contributed by atoms with Crippen molar-refractivity contribution in [2.45, 2.75) is 52.8 Å². The van der Waals surface area contributed by atoms with E-state index in [2.05, 4.69) is 46.6 Å². The average Bonchev–Trinajstić information content (AvgIpc) is 2.38. The average molecular weight is 263 g/mol. The fourth-order valence-corrected chi connectivity index (χ4v) is 2.65. The van der Waals surface area contributed by atoms with E-state index < -0.39 is 6.10 Å². The molecule has 108 valence electrons. The second-order valence-electron chi connectivity index (χ2n) is 6.24. The van der Waals surface area contributed by atoms with E-state index in [1.54, 1.807) is 0 Å². The van der Waals surface area contributed by atoms with E-state index in [-0.39, 0.29) is 6.04 Å². The number of benzene rings is 1. The molecule has 2 nitrogen and oxygen atoms in total. The Hall–Kier alpha value is -0.860. The summed E-state index contributed by atoms with van der Waals surface area (Å²) >= 11 is 0. The molecule has 3 atom stereocenters. The zero-order chi connectivity index (χ0) is 14.6. The molecule has 0 amide bonds. The molecule has 0 aliphatic heterocycles. The predicted octanol–water partition coefficient (Wildman–Crippen LogP) is 3.72. The summed E-state index contributed by atoms with van der Waals surface area (Å²) in [5, 5.41) is 10.7. The summed E-state index contributed by atoms with van der Waals surface area (Å²) in [7, 11) is 2.13. The largest absolute Gasteiger partial charge is 0.387 e. The smallest absolute Gasteiger partial charge is 0.0947 e. The molecule has 1 aromatic rings. The molecule has 0 heterocycles. The van der Waals surface area contributed by atoms with Crippen LogP contribution in [0.15, 0.2) is 30.3 Å². The van der Waals surface area contributed by atoms with Crippen LogP contribution in [0.2, 0.25) is 0 Å². The molecular weight excluding hydrogens is 234 g/mol. The molecule has 3 unspecified atom stereocenters. The Labute approximate surface area is 118 Å². The Morgan fingerprint density at radius 3 is 1.84 bits per heavy atom. The van der Waals surface area contributed by atoms with Gasteiger partial charge in [-0.2, -0.15) is 0 Å². The molecule has 0 saturated heterocycles. The van der Waals surface area contributed by atoms with Crippen LogP contribution in [0.4, 0.5) is 0 Å². The van der Waals surface area contributed by atoms with E-state index in [4.69, 9.17) is 0 Å². The van der Waals surface area contributed by atoms with Crippen LogP contribution in [-0.4, -0.2) is 29.1 Å². The highest BCUT2D eigenvalue weighted by Crippen LogP contribution is 2.28. The highest BCUT2D eigenvalue weighted by Gasteiger charge is 2.31. The molecule has 19 heavy (non-hydrogen) atoms. The molecule has 0 radical (unpaired) electrons. The number of rotatable bonds is 6. The van der Waals surface area contributed by atoms with E-state index in [9.17, 15) is 5.11 Å². The number of aliphatic hydroxyl groups is 1. The van der Waals surface area contributed by atoms with Gasteiger partial charge in [0.1, 0.15) is 0 Å². The van der Waals surface area contributed by atoms with Gasteiger partial charge in [0, 0.05) is 12.1 Å². The van der Waals surface area contributed by atoms with Crippen molar-refractivity contribution in [1.82, 2.24) is 4.90 Å². The van der Waals surface area contributed by atoms with E-state index in [1.807, 2.05) is 30.3 Å². The van der Waals surface area contributed by atoms with Crippen molar-refractivity contribution in [3.63, 3.8) is 0 Å². The first kappa shape index (κ1) is 16.2. The maximum absolute atomic E-state index is 10.7. The highest BCUT2D eigenvalue weighted by molar-refractivity contribution is 5.19. The van der Waals surface area contributed by atoms with Gasteiger partial charge in [-0.1, -0.05) is 58.0 Å². The van der Waals surface area contributed by atoms with Crippen LogP contribution in [0.1, 0.15) is 46.3 Å². The van der Waals surface area contributed by atoms with Gasteiger partial charge in [0.05, 0.1) is 6.10 Å². The summed E-state index contributed by atoms with van der Waals surface area (Å²) in [5.41, 5.74) is 1.00. The topological polar surface area (TPSA) is 23.5 Å². The summed E-state index contributed by atoms with van der Waals surface area (Å²) in [6.07, 6.45) is -0.438. The van der Waals surface area contributed by atoms with Crippen LogP contribution < -0.4 is 0 Å². The van der Waals surface area contributed by atoms with Crippen molar-refractivity contribution in [2.24, 2.45) is 11.8 Å². The van der Waals surface area contributed by atoms with Crippen molar-refractivity contribution < 1.29 is 5.11 Å². The Morgan fingerprint density at radius 2 is 1.42 bits per heavy atom. The molecule has 0 saturated carbocycles. The fraction of sp³-hybridized carbons (Fsp3) is 0.647. The zero-order valence-electron chi connectivity index (χ0n) is 13.2. The van der Waals surface area contributed by atoms with Crippen molar-refractivity contribution in [3.8, 4) is 0 Å². The molecule has 1 N–H and O–H groups in total. The van der Waals surface area contributed by atoms with Crippen LogP contribution in [0, 0.1) is 11.8 Å². The molecule has 0 spiro atoms. The molecule has 0 fully saturated rings. The predicted molar refractivity (Wildman–Crippen MR) is 82.1 cm³/mol. The molecule has 1 aromatic carbocycles. The van der Waals surface area contributed by atoms with Crippen LogP contribution >= 0.6 is 0 Å². The number of nitrogens with zero attached hydrogens (tertiary/aromatic N) is 1. The quantitative estimate of drug-likeness (QED) is 0.845. The third-order valence-corrected chi connectivity index (χ3v) is 4.23. The van der Waals surface area contributed by atoms with Crippen molar-refractivity contribution >= 4 is 0 Å². The lowest BCUT2D eigenvalue weighted by atomic mass is 9.90. The second kappa shape index (κ2) is 7.06. The lowest BCUT2D eigenvalue weighted by Crippen LogP contribution is -2.47. The van der Waals surface area contributed by atoms with Gasteiger partial charge in [-0.25, -0.2) is 0 Å². The lowest BCUT2D eigenvalue weighted by molar-refractivity contribution is 0.00817. The van der Waals surface area contributed by atoms with Gasteiger partial charge >= 0.3 is 0 Å². The third-order valence-electron chi connectivity index (χ3n) is 4.23. The first-order valence-electron chi connectivity index (χ1n) is 7.31. The number of hydrogen-bond acceptors (Lipinski definition) is 2. The Bertz CT molecular complexity index is 361. The minimum Gasteiger partial charge on any atom is -0.387 e. The summed E-state index contributed by atoms with van der Waals surface area (Å²) in [6, 6.07) is 10.6. The van der Waals surface area contributed by atoms with E-state index in [0.29, 0.717) is 17.9 Å². The normalized spacial score (nSPS) is 16.9. The Balaban J connectivity index is 2.95. The molecule has 0 aliphatic carbocycles. The fourth-order valence-electron chi connectivity index (χ4n) is 2.65. The molecule has 0 aliphatic rings. The minimum atomic E-state index is -0.438. The zero-order valence-corrected chi connectivity index (χ0v) is 13.2. The Kier molecular flexibility index (Phi) is 6.02. The monoisotopic (exact) mass is 263 g/mol. The summed E-state index contributed by atoms with van der Waals surface area (Å²) in [5.74, 6) is 0.982. The first-order chi connectivity index (χ1) is 8.86. The van der Waals surface area contributed by atoms with Crippen molar-refractivity contribution in [1.29, 1.82) is 0 Å². The standard InChI is InChI=1S/C17H29NO/c1-12(2)14(5)18(6)16(13(3)4)17(19)15-10-8-7-9-11-15/h7-14,16-17,19H,1-6H3. The highest BCUT2D eigenvalue weighted by atomic mass is 16.3. The number of aliphatic hydroxyl groups excluding tert-OH is 1. The van der Waals surface area contributed by atoms with Crippen LogP contribution in [-0.2, 0) is 0 Å². The van der Waals surface area contributed by atoms with E-state index >= 15 is 0 Å². The van der Waals surface area contributed by atoms with Crippen molar-refractivity contribution in [3.05, 3.63) is 35.9 Å². The van der Waals surface area contributed by atoms with Gasteiger partial charge in [0.25, 0.3) is 0 Å². The summed E-state index contributed by atoms with van der Waals surface area (Å²) in [6.45, 7) is 11.1. The Morgan fingerprint density at radius 1 is 0.895 bits per heavy atom. The maximum atomic E-state index is 10.7. The van der Waals surface area contributed by atoms with Crippen LogP contribution in [0.3, 0.4) is 0 Å². The van der Waals surface area contributed by atoms with Crippen LogP contribution in [0.5, 0.6) is 0 Å². The molecule has 1 rings (SSSR count). The first-order valence-corrected chi connectivity index (χ1v) is 7.31. The van der Waals surface area contributed by atoms with Gasteiger partial charge in [-0.05, 0) is 31.4 Å². The van der Waals surface area contributed by atoms with Gasteiger partial charge in [0.15, 0.2) is 0 Å². The molecule has 0 bridgehead atoms. The van der Waals surface area contributed by atoms with E-state index in [1.165, 1.54) is 0 Å².